The summed E-state index contributed by atoms with van der Waals surface area (Å²) >= 11 is 5.16. The number of carbonyl (C=O) groups is 1. The van der Waals surface area contributed by atoms with Crippen LogP contribution in [0, 0.1) is 0 Å². The third-order valence-electron chi connectivity index (χ3n) is 3.91. The van der Waals surface area contributed by atoms with Crippen molar-refractivity contribution in [1.29, 1.82) is 0 Å². The van der Waals surface area contributed by atoms with Gasteiger partial charge in [0.1, 0.15) is 23.9 Å². The Morgan fingerprint density at radius 1 is 0.966 bits per heavy atom. The first-order chi connectivity index (χ1) is 14.1. The molecule has 0 aliphatic heterocycles. The van der Waals surface area contributed by atoms with E-state index in [-0.39, 0.29) is 17.5 Å². The van der Waals surface area contributed by atoms with Crippen molar-refractivity contribution in [2.24, 2.45) is 0 Å². The number of thiocarbonyl (C=S) groups is 1. The number of hydrazine groups is 1. The molecule has 0 fully saturated rings. The standard InChI is InChI=1S/C21H21N3O4S/c1-26-16-9-7-15(8-10-16)13-22-21(29)24-23-20(25)19-12-11-18(28-19)14-27-17-5-3-2-4-6-17/h2-12H,13-14H2,1H3,(H,23,25)(H2,22,24,29). The number of para-hydroxylation sites is 1. The fraction of sp³-hybridized carbons (Fsp3) is 0.143. The molecule has 3 aromatic rings. The third kappa shape index (κ3) is 6.25. The average molecular weight is 411 g/mol. The van der Waals surface area contributed by atoms with E-state index in [1.54, 1.807) is 19.2 Å². The second-order valence-electron chi connectivity index (χ2n) is 5.98. The first-order valence-corrected chi connectivity index (χ1v) is 9.28. The normalized spacial score (nSPS) is 10.1. The van der Waals surface area contributed by atoms with Gasteiger partial charge in [-0.25, -0.2) is 0 Å². The minimum Gasteiger partial charge on any atom is -0.497 e. The molecule has 3 rings (SSSR count). The highest BCUT2D eigenvalue weighted by Gasteiger charge is 2.11. The first-order valence-electron chi connectivity index (χ1n) is 8.88. The van der Waals surface area contributed by atoms with Gasteiger partial charge in [-0.3, -0.25) is 15.6 Å². The summed E-state index contributed by atoms with van der Waals surface area (Å²) in [5, 5.41) is 3.29. The second-order valence-corrected chi connectivity index (χ2v) is 6.39. The van der Waals surface area contributed by atoms with Crippen LogP contribution in [0.15, 0.2) is 71.1 Å². The van der Waals surface area contributed by atoms with E-state index < -0.39 is 5.91 Å². The first kappa shape index (κ1) is 20.2. The van der Waals surface area contributed by atoms with Crippen LogP contribution < -0.4 is 25.6 Å². The van der Waals surface area contributed by atoms with Gasteiger partial charge in [0, 0.05) is 6.54 Å². The summed E-state index contributed by atoms with van der Waals surface area (Å²) < 4.78 is 16.2. The number of hydrogen-bond donors (Lipinski definition) is 3. The number of benzene rings is 2. The minimum atomic E-state index is -0.440. The zero-order valence-electron chi connectivity index (χ0n) is 15.8. The lowest BCUT2D eigenvalue weighted by atomic mass is 10.2. The molecule has 1 heterocycles. The monoisotopic (exact) mass is 411 g/mol. The van der Waals surface area contributed by atoms with Gasteiger partial charge < -0.3 is 19.2 Å². The molecule has 0 radical (unpaired) electrons. The smallest absolute Gasteiger partial charge is 0.305 e. The molecule has 0 saturated carbocycles. The Labute approximate surface area is 174 Å². The van der Waals surface area contributed by atoms with Gasteiger partial charge in [0.25, 0.3) is 0 Å². The van der Waals surface area contributed by atoms with Gasteiger partial charge in [0.15, 0.2) is 10.9 Å². The number of amides is 1. The molecule has 1 aromatic heterocycles. The van der Waals surface area contributed by atoms with Gasteiger partial charge in [-0.05, 0) is 54.2 Å². The van der Waals surface area contributed by atoms with E-state index in [0.717, 1.165) is 17.1 Å². The molecular weight excluding hydrogens is 390 g/mol. The summed E-state index contributed by atoms with van der Waals surface area (Å²) in [6, 6.07) is 20.2. The number of rotatable bonds is 7. The van der Waals surface area contributed by atoms with Gasteiger partial charge >= 0.3 is 5.91 Å². The third-order valence-corrected chi connectivity index (χ3v) is 4.16. The van der Waals surface area contributed by atoms with Crippen LogP contribution in [0.4, 0.5) is 0 Å². The summed E-state index contributed by atoms with van der Waals surface area (Å²) in [6.45, 7) is 0.736. The van der Waals surface area contributed by atoms with Crippen LogP contribution in [0.5, 0.6) is 11.5 Å². The highest BCUT2D eigenvalue weighted by Crippen LogP contribution is 2.14. The zero-order valence-corrected chi connectivity index (χ0v) is 16.6. The fourth-order valence-electron chi connectivity index (χ4n) is 2.39. The predicted octanol–water partition coefficient (Wildman–Crippen LogP) is 3.18. The van der Waals surface area contributed by atoms with Gasteiger partial charge in [0.2, 0.25) is 0 Å². The molecule has 3 N–H and O–H groups in total. The van der Waals surface area contributed by atoms with E-state index in [1.807, 2.05) is 54.6 Å². The molecular formula is C21H21N3O4S. The number of furan rings is 1. The lowest BCUT2D eigenvalue weighted by Gasteiger charge is -2.11. The second kappa shape index (κ2) is 10.1. The Bertz CT molecular complexity index is 942. The van der Waals surface area contributed by atoms with Crippen LogP contribution >= 0.6 is 12.2 Å². The van der Waals surface area contributed by atoms with Crippen LogP contribution in [0.25, 0.3) is 0 Å². The van der Waals surface area contributed by atoms with Crippen molar-refractivity contribution < 1.29 is 18.7 Å². The summed E-state index contributed by atoms with van der Waals surface area (Å²) in [7, 11) is 1.62. The predicted molar refractivity (Wildman–Crippen MR) is 113 cm³/mol. The summed E-state index contributed by atoms with van der Waals surface area (Å²) in [4.78, 5) is 12.2. The molecule has 0 aliphatic carbocycles. The SMILES string of the molecule is COc1ccc(CNC(=S)NNC(=O)c2ccc(COc3ccccc3)o2)cc1. The molecule has 0 unspecified atom stereocenters. The summed E-state index contributed by atoms with van der Waals surface area (Å²) in [6.07, 6.45) is 0. The summed E-state index contributed by atoms with van der Waals surface area (Å²) in [5.74, 6) is 1.77. The van der Waals surface area contributed by atoms with Crippen LogP contribution in [-0.4, -0.2) is 18.1 Å². The number of nitrogens with one attached hydrogen (secondary N) is 3. The summed E-state index contributed by atoms with van der Waals surface area (Å²) in [5.41, 5.74) is 6.16. The number of hydrogen-bond acceptors (Lipinski definition) is 5. The molecule has 0 saturated heterocycles. The Morgan fingerprint density at radius 3 is 2.45 bits per heavy atom. The van der Waals surface area contributed by atoms with E-state index in [4.69, 9.17) is 26.1 Å². The largest absolute Gasteiger partial charge is 0.497 e. The van der Waals surface area contributed by atoms with Crippen LogP contribution in [0.3, 0.4) is 0 Å². The van der Waals surface area contributed by atoms with Crippen molar-refractivity contribution >= 4 is 23.2 Å². The number of ether oxygens (including phenoxy) is 2. The maximum Gasteiger partial charge on any atom is 0.305 e. The molecule has 7 nitrogen and oxygen atoms in total. The maximum absolute atomic E-state index is 12.2. The van der Waals surface area contributed by atoms with Gasteiger partial charge in [-0.2, -0.15) is 0 Å². The van der Waals surface area contributed by atoms with Crippen LogP contribution in [0.2, 0.25) is 0 Å². The Balaban J connectivity index is 1.40. The quantitative estimate of drug-likeness (QED) is 0.407. The van der Waals surface area contributed by atoms with Crippen molar-refractivity contribution in [3.63, 3.8) is 0 Å². The molecule has 150 valence electrons. The molecule has 2 aromatic carbocycles. The minimum absolute atomic E-state index is 0.155. The lowest BCUT2D eigenvalue weighted by Crippen LogP contribution is -2.46. The molecule has 0 spiro atoms. The van der Waals surface area contributed by atoms with E-state index in [0.29, 0.717) is 12.3 Å². The van der Waals surface area contributed by atoms with Crippen LogP contribution in [-0.2, 0) is 13.2 Å². The van der Waals surface area contributed by atoms with Gasteiger partial charge in [0.05, 0.1) is 7.11 Å². The van der Waals surface area contributed by atoms with E-state index in [9.17, 15) is 4.79 Å². The molecule has 0 bridgehead atoms. The zero-order chi connectivity index (χ0) is 20.5. The highest BCUT2D eigenvalue weighted by molar-refractivity contribution is 7.80. The highest BCUT2D eigenvalue weighted by atomic mass is 32.1. The van der Waals surface area contributed by atoms with Gasteiger partial charge in [-0.1, -0.05) is 30.3 Å². The van der Waals surface area contributed by atoms with Crippen molar-refractivity contribution in [3.8, 4) is 11.5 Å². The van der Waals surface area contributed by atoms with Crippen molar-refractivity contribution in [2.75, 3.05) is 7.11 Å². The average Bonchev–Trinajstić information content (AvgIpc) is 3.25. The Kier molecular flexibility index (Phi) is 7.07. The van der Waals surface area contributed by atoms with E-state index >= 15 is 0 Å². The topological polar surface area (TPSA) is 84.8 Å². The molecule has 8 heteroatoms. The van der Waals surface area contributed by atoms with Crippen LogP contribution in [0.1, 0.15) is 21.9 Å². The molecule has 0 atom stereocenters. The van der Waals surface area contributed by atoms with Crippen molar-refractivity contribution in [1.82, 2.24) is 16.2 Å². The maximum atomic E-state index is 12.2. The van der Waals surface area contributed by atoms with E-state index in [1.165, 1.54) is 0 Å². The van der Waals surface area contributed by atoms with Crippen molar-refractivity contribution in [3.05, 3.63) is 83.8 Å². The molecule has 29 heavy (non-hydrogen) atoms. The van der Waals surface area contributed by atoms with E-state index in [2.05, 4.69) is 16.2 Å². The van der Waals surface area contributed by atoms with Crippen molar-refractivity contribution in [2.45, 2.75) is 13.2 Å². The fourth-order valence-corrected chi connectivity index (χ4v) is 2.52. The van der Waals surface area contributed by atoms with Gasteiger partial charge in [-0.15, -0.1) is 0 Å². The number of methoxy groups -OCH3 is 1. The number of carbonyl (C=O) groups excluding carboxylic acids is 1. The molecule has 1 amide bonds. The Hall–Kier alpha value is -3.52. The molecule has 0 aliphatic rings. The Morgan fingerprint density at radius 2 is 1.72 bits per heavy atom. The lowest BCUT2D eigenvalue weighted by molar-refractivity contribution is 0.0911.